The topological polar surface area (TPSA) is 67.8 Å². The first kappa shape index (κ1) is 11.9. The van der Waals surface area contributed by atoms with Gasteiger partial charge in [-0.15, -0.1) is 10.2 Å². The Morgan fingerprint density at radius 2 is 2.00 bits per heavy atom. The van der Waals surface area contributed by atoms with Crippen molar-refractivity contribution in [2.24, 2.45) is 0 Å². The number of benzene rings is 1. The van der Waals surface area contributed by atoms with Gasteiger partial charge in [-0.1, -0.05) is 19.1 Å². The van der Waals surface area contributed by atoms with Crippen molar-refractivity contribution < 1.29 is 4.21 Å². The first-order chi connectivity index (χ1) is 8.29. The highest BCUT2D eigenvalue weighted by Gasteiger charge is 2.01. The molecular formula is C11H14N4OS. The van der Waals surface area contributed by atoms with Crippen LogP contribution in [0.1, 0.15) is 6.92 Å². The Bertz CT molecular complexity index is 532. The molecule has 0 saturated heterocycles. The quantitative estimate of drug-likeness (QED) is 0.863. The van der Waals surface area contributed by atoms with Crippen LogP contribution < -0.4 is 5.32 Å². The van der Waals surface area contributed by atoms with Gasteiger partial charge in [-0.2, -0.15) is 0 Å². The lowest BCUT2D eigenvalue weighted by Gasteiger charge is -2.03. The summed E-state index contributed by atoms with van der Waals surface area (Å²) in [5, 5.41) is 11.0. The van der Waals surface area contributed by atoms with Crippen LogP contribution >= 0.6 is 0 Å². The molecule has 0 amide bonds. The van der Waals surface area contributed by atoms with E-state index in [0.717, 1.165) is 11.0 Å². The summed E-state index contributed by atoms with van der Waals surface area (Å²) in [6.07, 6.45) is 0. The fraction of sp³-hybridized carbons (Fsp3) is 0.364. The van der Waals surface area contributed by atoms with Gasteiger partial charge in [-0.3, -0.25) is 4.21 Å². The first-order valence-corrected chi connectivity index (χ1v) is 6.96. The van der Waals surface area contributed by atoms with Crippen molar-refractivity contribution in [3.05, 3.63) is 24.3 Å². The Kier molecular flexibility index (Phi) is 3.98. The van der Waals surface area contributed by atoms with Gasteiger partial charge in [0.15, 0.2) is 0 Å². The monoisotopic (exact) mass is 250 g/mol. The molecule has 0 aliphatic heterocycles. The fourth-order valence-corrected chi connectivity index (χ4v) is 2.00. The number of hydrogen-bond donors (Lipinski definition) is 1. The molecule has 2 aromatic rings. The summed E-state index contributed by atoms with van der Waals surface area (Å²) in [5.41, 5.74) is 1.58. The number of anilines is 1. The molecule has 0 aliphatic rings. The van der Waals surface area contributed by atoms with Gasteiger partial charge in [0.1, 0.15) is 5.52 Å². The van der Waals surface area contributed by atoms with Gasteiger partial charge in [0, 0.05) is 28.9 Å². The summed E-state index contributed by atoms with van der Waals surface area (Å²) in [6, 6.07) is 7.56. The maximum atomic E-state index is 11.2. The van der Waals surface area contributed by atoms with E-state index in [1.54, 1.807) is 0 Å². The maximum absolute atomic E-state index is 11.2. The Hall–Kier alpha value is -1.56. The van der Waals surface area contributed by atoms with Crippen LogP contribution in [-0.4, -0.2) is 37.4 Å². The minimum atomic E-state index is -0.766. The van der Waals surface area contributed by atoms with Crippen molar-refractivity contribution in [1.29, 1.82) is 0 Å². The highest BCUT2D eigenvalue weighted by Crippen LogP contribution is 2.08. The average molecular weight is 250 g/mol. The molecule has 1 atom stereocenters. The molecule has 0 fully saturated rings. The Morgan fingerprint density at radius 1 is 1.24 bits per heavy atom. The molecule has 1 aromatic heterocycles. The lowest BCUT2D eigenvalue weighted by atomic mass is 10.3. The van der Waals surface area contributed by atoms with E-state index >= 15 is 0 Å². The third-order valence-electron chi connectivity index (χ3n) is 2.30. The van der Waals surface area contributed by atoms with Crippen molar-refractivity contribution in [2.75, 3.05) is 23.4 Å². The predicted molar refractivity (Wildman–Crippen MR) is 69.4 cm³/mol. The second kappa shape index (κ2) is 5.67. The molecule has 0 spiro atoms. The zero-order chi connectivity index (χ0) is 12.1. The van der Waals surface area contributed by atoms with Crippen LogP contribution in [0, 0.1) is 0 Å². The molecule has 2 rings (SSSR count). The van der Waals surface area contributed by atoms with E-state index in [-0.39, 0.29) is 0 Å². The Labute approximate surface area is 102 Å². The molecule has 6 heteroatoms. The van der Waals surface area contributed by atoms with E-state index in [1.165, 1.54) is 0 Å². The van der Waals surface area contributed by atoms with E-state index in [0.29, 0.717) is 24.0 Å². The molecule has 1 aromatic carbocycles. The molecule has 1 heterocycles. The summed E-state index contributed by atoms with van der Waals surface area (Å²) in [6.45, 7) is 2.50. The summed E-state index contributed by atoms with van der Waals surface area (Å²) in [4.78, 5) is 4.31. The van der Waals surface area contributed by atoms with E-state index in [1.807, 2.05) is 31.2 Å². The van der Waals surface area contributed by atoms with Gasteiger partial charge in [0.25, 0.3) is 0 Å². The predicted octanol–water partition coefficient (Wildman–Crippen LogP) is 1.21. The summed E-state index contributed by atoms with van der Waals surface area (Å²) >= 11 is 0. The maximum Gasteiger partial charge on any atom is 0.243 e. The Morgan fingerprint density at radius 3 is 2.76 bits per heavy atom. The lowest BCUT2D eigenvalue weighted by molar-refractivity contribution is 0.684. The normalized spacial score (nSPS) is 12.5. The van der Waals surface area contributed by atoms with E-state index in [4.69, 9.17) is 0 Å². The minimum Gasteiger partial charge on any atom is -0.352 e. The van der Waals surface area contributed by atoms with Crippen molar-refractivity contribution in [3.63, 3.8) is 0 Å². The fourth-order valence-electron chi connectivity index (χ4n) is 1.38. The number of rotatable bonds is 5. The standard InChI is InChI=1S/C11H14N4OS/c1-2-17(16)8-7-12-11-13-9-5-3-4-6-10(9)14-15-11/h3-6H,2,7-8H2,1H3,(H,12,13,15). The van der Waals surface area contributed by atoms with Gasteiger partial charge in [0.2, 0.25) is 5.95 Å². The number of nitrogens with one attached hydrogen (secondary N) is 1. The van der Waals surface area contributed by atoms with Gasteiger partial charge in [0.05, 0.1) is 5.52 Å². The summed E-state index contributed by atoms with van der Waals surface area (Å²) < 4.78 is 11.2. The van der Waals surface area contributed by atoms with Crippen LogP contribution in [0.5, 0.6) is 0 Å². The zero-order valence-corrected chi connectivity index (χ0v) is 10.4. The van der Waals surface area contributed by atoms with Crippen LogP contribution in [-0.2, 0) is 10.8 Å². The van der Waals surface area contributed by atoms with Crippen molar-refractivity contribution >= 4 is 27.8 Å². The van der Waals surface area contributed by atoms with Crippen molar-refractivity contribution in [2.45, 2.75) is 6.92 Å². The van der Waals surface area contributed by atoms with E-state index in [2.05, 4.69) is 20.5 Å². The molecule has 90 valence electrons. The first-order valence-electron chi connectivity index (χ1n) is 5.48. The van der Waals surface area contributed by atoms with Gasteiger partial charge in [-0.25, -0.2) is 4.98 Å². The van der Waals surface area contributed by atoms with Crippen molar-refractivity contribution in [1.82, 2.24) is 15.2 Å². The van der Waals surface area contributed by atoms with Crippen LogP contribution in [0.25, 0.3) is 11.0 Å². The van der Waals surface area contributed by atoms with Crippen LogP contribution in [0.3, 0.4) is 0 Å². The molecule has 0 aliphatic carbocycles. The third kappa shape index (κ3) is 3.20. The third-order valence-corrected chi connectivity index (χ3v) is 3.60. The molecule has 5 nitrogen and oxygen atoms in total. The highest BCUT2D eigenvalue weighted by atomic mass is 32.2. The smallest absolute Gasteiger partial charge is 0.243 e. The van der Waals surface area contributed by atoms with E-state index < -0.39 is 10.8 Å². The minimum absolute atomic E-state index is 0.483. The zero-order valence-electron chi connectivity index (χ0n) is 9.59. The van der Waals surface area contributed by atoms with Crippen LogP contribution in [0.2, 0.25) is 0 Å². The molecule has 1 unspecified atom stereocenters. The van der Waals surface area contributed by atoms with Gasteiger partial charge < -0.3 is 5.32 Å². The van der Waals surface area contributed by atoms with Crippen molar-refractivity contribution in [3.8, 4) is 0 Å². The Balaban J connectivity index is 2.02. The number of para-hydroxylation sites is 1. The highest BCUT2D eigenvalue weighted by molar-refractivity contribution is 7.84. The number of nitrogens with zero attached hydrogens (tertiary/aromatic N) is 3. The molecule has 0 radical (unpaired) electrons. The van der Waals surface area contributed by atoms with E-state index in [9.17, 15) is 4.21 Å². The van der Waals surface area contributed by atoms with Crippen LogP contribution in [0.4, 0.5) is 5.95 Å². The van der Waals surface area contributed by atoms with Gasteiger partial charge in [-0.05, 0) is 12.1 Å². The number of hydrogen-bond acceptors (Lipinski definition) is 5. The molecule has 1 N–H and O–H groups in total. The summed E-state index contributed by atoms with van der Waals surface area (Å²) in [5.74, 6) is 1.77. The second-order valence-electron chi connectivity index (χ2n) is 3.48. The average Bonchev–Trinajstić information content (AvgIpc) is 2.38. The molecule has 0 saturated carbocycles. The largest absolute Gasteiger partial charge is 0.352 e. The number of aromatic nitrogens is 3. The van der Waals surface area contributed by atoms with Gasteiger partial charge >= 0.3 is 0 Å². The molecule has 0 bridgehead atoms. The lowest BCUT2D eigenvalue weighted by Crippen LogP contribution is -2.14. The molecule has 17 heavy (non-hydrogen) atoms. The molecular weight excluding hydrogens is 236 g/mol. The summed E-state index contributed by atoms with van der Waals surface area (Å²) in [7, 11) is -0.766. The second-order valence-corrected chi connectivity index (χ2v) is 5.35. The number of fused-ring (bicyclic) bond motifs is 1. The SMILES string of the molecule is CCS(=O)CCNc1nnc2ccccc2n1. The van der Waals surface area contributed by atoms with Crippen LogP contribution in [0.15, 0.2) is 24.3 Å².